The van der Waals surface area contributed by atoms with Gasteiger partial charge in [0.1, 0.15) is 11.3 Å². The molecule has 0 saturated carbocycles. The molecule has 1 aliphatic carbocycles. The zero-order valence-electron chi connectivity index (χ0n) is 13.0. The number of ketones is 1. The summed E-state index contributed by atoms with van der Waals surface area (Å²) in [5.41, 5.74) is 0.205. The number of hydrogen-bond donors (Lipinski definition) is 3. The Kier molecular flexibility index (Phi) is 4.43. The Hall–Kier alpha value is -3.67. The topological polar surface area (TPSA) is 99.0 Å². The number of allylic oxidation sites excluding steroid dienone is 1. The Balaban J connectivity index is 2.03. The average Bonchev–Trinajstić information content (AvgIpc) is 2.61. The van der Waals surface area contributed by atoms with E-state index in [-0.39, 0.29) is 11.4 Å². The van der Waals surface area contributed by atoms with Crippen molar-refractivity contribution in [3.8, 4) is 0 Å². The van der Waals surface area contributed by atoms with Crippen molar-refractivity contribution in [2.45, 2.75) is 0 Å². The number of aliphatic hydroxyl groups excluding tert-OH is 1. The number of aliphatic hydroxyl groups is 1. The first-order valence-electron chi connectivity index (χ1n) is 7.45. The third-order valence-electron chi connectivity index (χ3n) is 3.50. The number of nitrogens with one attached hydrogen (secondary N) is 1. The van der Waals surface area contributed by atoms with E-state index in [0.717, 1.165) is 6.08 Å². The van der Waals surface area contributed by atoms with Crippen LogP contribution in [0.15, 0.2) is 88.8 Å². The Labute approximate surface area is 143 Å². The fourth-order valence-electron chi connectivity index (χ4n) is 2.36. The van der Waals surface area contributed by atoms with Crippen LogP contribution in [0.1, 0.15) is 0 Å². The summed E-state index contributed by atoms with van der Waals surface area (Å²) in [6, 6.07) is 17.3. The maximum Gasteiger partial charge on any atom is 0.341 e. The van der Waals surface area contributed by atoms with Gasteiger partial charge in [0.2, 0.25) is 5.78 Å². The first-order valence-corrected chi connectivity index (χ1v) is 7.45. The molecule has 124 valence electrons. The van der Waals surface area contributed by atoms with Crippen molar-refractivity contribution >= 4 is 28.8 Å². The lowest BCUT2D eigenvalue weighted by molar-refractivity contribution is -0.132. The van der Waals surface area contributed by atoms with Crippen molar-refractivity contribution in [1.29, 1.82) is 0 Å². The molecule has 0 fully saturated rings. The summed E-state index contributed by atoms with van der Waals surface area (Å²) in [4.78, 5) is 28.1. The first-order chi connectivity index (χ1) is 12.1. The SMILES string of the molecule is O=C(O)C1=C(O)C(Nc2ccccc2)=CC(=O)C1=Nc1ccccc1. The van der Waals surface area contributed by atoms with Crippen LogP contribution in [0.3, 0.4) is 0 Å². The van der Waals surface area contributed by atoms with Gasteiger partial charge in [0.25, 0.3) is 0 Å². The summed E-state index contributed by atoms with van der Waals surface area (Å²) < 4.78 is 0. The molecular formula is C19H14N2O4. The second-order valence-electron chi connectivity index (χ2n) is 5.24. The van der Waals surface area contributed by atoms with Crippen LogP contribution >= 0.6 is 0 Å². The summed E-state index contributed by atoms with van der Waals surface area (Å²) in [5.74, 6) is -2.57. The number of anilines is 1. The lowest BCUT2D eigenvalue weighted by Gasteiger charge is -2.17. The summed E-state index contributed by atoms with van der Waals surface area (Å²) in [7, 11) is 0. The zero-order chi connectivity index (χ0) is 17.8. The van der Waals surface area contributed by atoms with E-state index in [1.54, 1.807) is 54.6 Å². The van der Waals surface area contributed by atoms with Gasteiger partial charge in [-0.25, -0.2) is 9.79 Å². The highest BCUT2D eigenvalue weighted by Gasteiger charge is 2.32. The van der Waals surface area contributed by atoms with Crippen LogP contribution in [0.5, 0.6) is 0 Å². The number of aliphatic carboxylic acids is 1. The average molecular weight is 334 g/mol. The predicted molar refractivity (Wildman–Crippen MR) is 94.0 cm³/mol. The number of carboxylic acid groups (broad SMARTS) is 1. The fourth-order valence-corrected chi connectivity index (χ4v) is 2.36. The summed E-state index contributed by atoms with van der Waals surface area (Å²) in [5, 5.41) is 22.7. The maximum absolute atomic E-state index is 12.4. The van der Waals surface area contributed by atoms with E-state index in [1.165, 1.54) is 0 Å². The molecule has 2 aromatic rings. The minimum atomic E-state index is -1.43. The molecule has 0 aliphatic heterocycles. The first kappa shape index (κ1) is 16.2. The third kappa shape index (κ3) is 3.48. The number of para-hydroxylation sites is 2. The highest BCUT2D eigenvalue weighted by molar-refractivity contribution is 6.55. The lowest BCUT2D eigenvalue weighted by atomic mass is 9.97. The molecule has 0 amide bonds. The van der Waals surface area contributed by atoms with Crippen molar-refractivity contribution in [2.75, 3.05) is 5.32 Å². The van der Waals surface area contributed by atoms with Gasteiger partial charge in [0, 0.05) is 11.8 Å². The van der Waals surface area contributed by atoms with Gasteiger partial charge in [-0.1, -0.05) is 36.4 Å². The summed E-state index contributed by atoms with van der Waals surface area (Å²) in [6.45, 7) is 0. The number of carbonyl (C=O) groups excluding carboxylic acids is 1. The highest BCUT2D eigenvalue weighted by atomic mass is 16.4. The van der Waals surface area contributed by atoms with Crippen molar-refractivity contribution in [3.05, 3.63) is 83.8 Å². The van der Waals surface area contributed by atoms with Gasteiger partial charge in [-0.2, -0.15) is 0 Å². The molecule has 0 spiro atoms. The number of hydrogen-bond acceptors (Lipinski definition) is 5. The van der Waals surface area contributed by atoms with E-state index in [4.69, 9.17) is 0 Å². The molecule has 0 heterocycles. The van der Waals surface area contributed by atoms with Crippen molar-refractivity contribution in [2.24, 2.45) is 4.99 Å². The molecule has 0 saturated heterocycles. The smallest absolute Gasteiger partial charge is 0.341 e. The second-order valence-corrected chi connectivity index (χ2v) is 5.24. The predicted octanol–water partition coefficient (Wildman–Crippen LogP) is 3.23. The van der Waals surface area contributed by atoms with Gasteiger partial charge in [0.05, 0.1) is 11.4 Å². The van der Waals surface area contributed by atoms with E-state index in [9.17, 15) is 19.8 Å². The quantitative estimate of drug-likeness (QED) is 0.746. The van der Waals surface area contributed by atoms with Gasteiger partial charge >= 0.3 is 5.97 Å². The van der Waals surface area contributed by atoms with Crippen LogP contribution < -0.4 is 5.32 Å². The maximum atomic E-state index is 12.4. The van der Waals surface area contributed by atoms with Crippen LogP contribution in [0.4, 0.5) is 11.4 Å². The molecule has 0 bridgehead atoms. The molecule has 0 unspecified atom stereocenters. The standard InChI is InChI=1S/C19H14N2O4/c22-15-11-14(20-12-7-3-1-4-8-12)18(23)16(19(24)25)17(15)21-13-9-5-2-6-10-13/h1-11,20,23H,(H,24,25). The zero-order valence-corrected chi connectivity index (χ0v) is 13.0. The van der Waals surface area contributed by atoms with Crippen molar-refractivity contribution < 1.29 is 19.8 Å². The molecule has 0 radical (unpaired) electrons. The second kappa shape index (κ2) is 6.84. The minimum Gasteiger partial charge on any atom is -0.505 e. The molecule has 1 aliphatic rings. The van der Waals surface area contributed by atoms with Gasteiger partial charge in [-0.3, -0.25) is 4.79 Å². The van der Waals surface area contributed by atoms with Gasteiger partial charge < -0.3 is 15.5 Å². The van der Waals surface area contributed by atoms with Gasteiger partial charge in [0.15, 0.2) is 5.76 Å². The van der Waals surface area contributed by atoms with E-state index < -0.39 is 23.1 Å². The number of carbonyl (C=O) groups is 2. The van der Waals surface area contributed by atoms with Gasteiger partial charge in [-0.05, 0) is 24.3 Å². The number of nitrogens with zero attached hydrogens (tertiary/aromatic N) is 1. The monoisotopic (exact) mass is 334 g/mol. The number of benzene rings is 2. The molecule has 25 heavy (non-hydrogen) atoms. The van der Waals surface area contributed by atoms with Gasteiger partial charge in [-0.15, -0.1) is 0 Å². The molecular weight excluding hydrogens is 320 g/mol. The van der Waals surface area contributed by atoms with Crippen LogP contribution in [-0.2, 0) is 9.59 Å². The molecule has 0 atom stereocenters. The Morgan fingerprint density at radius 3 is 2.16 bits per heavy atom. The van der Waals surface area contributed by atoms with Crippen LogP contribution in [0.2, 0.25) is 0 Å². The number of rotatable bonds is 4. The molecule has 2 aromatic carbocycles. The number of aliphatic imine (C=N–C) groups is 1. The molecule has 6 heteroatoms. The lowest BCUT2D eigenvalue weighted by Crippen LogP contribution is -2.28. The third-order valence-corrected chi connectivity index (χ3v) is 3.50. The largest absolute Gasteiger partial charge is 0.505 e. The Morgan fingerprint density at radius 1 is 0.960 bits per heavy atom. The van der Waals surface area contributed by atoms with E-state index in [2.05, 4.69) is 10.3 Å². The summed E-state index contributed by atoms with van der Waals surface area (Å²) >= 11 is 0. The Bertz CT molecular complexity index is 913. The minimum absolute atomic E-state index is 0.0145. The van der Waals surface area contributed by atoms with Crippen molar-refractivity contribution in [1.82, 2.24) is 0 Å². The van der Waals surface area contributed by atoms with E-state index in [1.807, 2.05) is 6.07 Å². The summed E-state index contributed by atoms with van der Waals surface area (Å²) in [6.07, 6.45) is 1.14. The molecule has 0 aromatic heterocycles. The van der Waals surface area contributed by atoms with E-state index in [0.29, 0.717) is 11.4 Å². The van der Waals surface area contributed by atoms with Crippen molar-refractivity contribution in [3.63, 3.8) is 0 Å². The molecule has 3 N–H and O–H groups in total. The normalized spacial score (nSPS) is 15.9. The number of carboxylic acids is 1. The molecule has 6 nitrogen and oxygen atoms in total. The highest BCUT2D eigenvalue weighted by Crippen LogP contribution is 2.24. The fraction of sp³-hybridized carbons (Fsp3) is 0. The Morgan fingerprint density at radius 2 is 1.56 bits per heavy atom. The van der Waals surface area contributed by atoms with Crippen LogP contribution in [-0.4, -0.2) is 27.7 Å². The van der Waals surface area contributed by atoms with Crippen LogP contribution in [0.25, 0.3) is 0 Å². The van der Waals surface area contributed by atoms with Crippen LogP contribution in [0, 0.1) is 0 Å². The molecule has 3 rings (SSSR count). The van der Waals surface area contributed by atoms with E-state index >= 15 is 0 Å².